The molecule has 2 N–H and O–H groups in total. The van der Waals surface area contributed by atoms with Crippen molar-refractivity contribution >= 4 is 22.4 Å². The fourth-order valence-electron chi connectivity index (χ4n) is 2.31. The van der Waals surface area contributed by atoms with Gasteiger partial charge in [-0.15, -0.1) is 11.3 Å². The van der Waals surface area contributed by atoms with Crippen LogP contribution in [0.4, 0.5) is 5.13 Å². The Labute approximate surface area is 143 Å². The van der Waals surface area contributed by atoms with Crippen LogP contribution in [-0.2, 0) is 0 Å². The van der Waals surface area contributed by atoms with Gasteiger partial charge >= 0.3 is 0 Å². The van der Waals surface area contributed by atoms with Crippen molar-refractivity contribution in [3.05, 3.63) is 59.0 Å². The van der Waals surface area contributed by atoms with Crippen molar-refractivity contribution in [3.63, 3.8) is 0 Å². The molecule has 2 aromatic carbocycles. The number of aromatic hydroxyl groups is 1. The SMILES string of the molecule is COc1ccc(C)cc1-c1csc(NC(=O)c2ccccc2O)n1. The van der Waals surface area contributed by atoms with Gasteiger partial charge in [0.2, 0.25) is 0 Å². The third kappa shape index (κ3) is 3.23. The van der Waals surface area contributed by atoms with Crippen LogP contribution in [0.15, 0.2) is 47.8 Å². The molecule has 0 radical (unpaired) electrons. The third-order valence-corrected chi connectivity index (χ3v) is 4.26. The minimum Gasteiger partial charge on any atom is -0.507 e. The predicted molar refractivity (Wildman–Crippen MR) is 94.9 cm³/mol. The van der Waals surface area contributed by atoms with Gasteiger partial charge < -0.3 is 9.84 Å². The van der Waals surface area contributed by atoms with E-state index in [1.165, 1.54) is 17.4 Å². The molecule has 0 aliphatic rings. The van der Waals surface area contributed by atoms with Crippen LogP contribution < -0.4 is 10.1 Å². The maximum Gasteiger partial charge on any atom is 0.261 e. The van der Waals surface area contributed by atoms with Crippen molar-refractivity contribution in [1.82, 2.24) is 4.98 Å². The second kappa shape index (κ2) is 6.72. The largest absolute Gasteiger partial charge is 0.507 e. The number of ether oxygens (including phenoxy) is 1. The number of carbonyl (C=O) groups is 1. The number of hydrogen-bond acceptors (Lipinski definition) is 5. The average molecular weight is 340 g/mol. The number of aryl methyl sites for hydroxylation is 1. The lowest BCUT2D eigenvalue weighted by Gasteiger charge is -2.07. The van der Waals surface area contributed by atoms with Gasteiger partial charge in [-0.25, -0.2) is 4.98 Å². The molecule has 122 valence electrons. The zero-order valence-corrected chi connectivity index (χ0v) is 14.1. The van der Waals surface area contributed by atoms with E-state index < -0.39 is 5.91 Å². The number of rotatable bonds is 4. The summed E-state index contributed by atoms with van der Waals surface area (Å²) in [5.74, 6) is 0.266. The number of anilines is 1. The third-order valence-electron chi connectivity index (χ3n) is 3.50. The predicted octanol–water partition coefficient (Wildman–Crippen LogP) is 4.09. The second-order valence-corrected chi connectivity index (χ2v) is 6.07. The van der Waals surface area contributed by atoms with Gasteiger partial charge in [0.15, 0.2) is 5.13 Å². The van der Waals surface area contributed by atoms with E-state index in [1.807, 2.05) is 30.5 Å². The first-order valence-corrected chi connectivity index (χ1v) is 8.16. The van der Waals surface area contributed by atoms with Gasteiger partial charge in [0.1, 0.15) is 11.5 Å². The highest BCUT2D eigenvalue weighted by atomic mass is 32.1. The van der Waals surface area contributed by atoms with Crippen molar-refractivity contribution in [2.24, 2.45) is 0 Å². The summed E-state index contributed by atoms with van der Waals surface area (Å²) >= 11 is 1.32. The highest BCUT2D eigenvalue weighted by molar-refractivity contribution is 7.14. The number of phenolic OH excluding ortho intramolecular Hbond substituents is 1. The summed E-state index contributed by atoms with van der Waals surface area (Å²) in [7, 11) is 1.61. The first-order chi connectivity index (χ1) is 11.6. The van der Waals surface area contributed by atoms with Gasteiger partial charge in [-0.3, -0.25) is 10.1 Å². The Morgan fingerprint density at radius 3 is 2.79 bits per heavy atom. The maximum absolute atomic E-state index is 12.2. The van der Waals surface area contributed by atoms with Gasteiger partial charge in [-0.2, -0.15) is 0 Å². The highest BCUT2D eigenvalue weighted by Crippen LogP contribution is 2.33. The van der Waals surface area contributed by atoms with Gasteiger partial charge in [0.05, 0.1) is 18.4 Å². The molecule has 0 aliphatic carbocycles. The fraction of sp³-hybridized carbons (Fsp3) is 0.111. The van der Waals surface area contributed by atoms with E-state index in [-0.39, 0.29) is 11.3 Å². The monoisotopic (exact) mass is 340 g/mol. The molecule has 0 saturated carbocycles. The Balaban J connectivity index is 1.85. The number of benzene rings is 2. The molecule has 0 aliphatic heterocycles. The van der Waals surface area contributed by atoms with Gasteiger partial charge in [0.25, 0.3) is 5.91 Å². The molecule has 0 atom stereocenters. The first-order valence-electron chi connectivity index (χ1n) is 7.28. The first kappa shape index (κ1) is 16.0. The maximum atomic E-state index is 12.2. The summed E-state index contributed by atoms with van der Waals surface area (Å²) in [6, 6.07) is 12.2. The van der Waals surface area contributed by atoms with Gasteiger partial charge in [-0.1, -0.05) is 23.8 Å². The van der Waals surface area contributed by atoms with Crippen LogP contribution in [0, 0.1) is 6.92 Å². The Morgan fingerprint density at radius 2 is 2.04 bits per heavy atom. The van der Waals surface area contributed by atoms with Crippen LogP contribution >= 0.6 is 11.3 Å². The lowest BCUT2D eigenvalue weighted by atomic mass is 10.1. The van der Waals surface area contributed by atoms with Gasteiger partial charge in [-0.05, 0) is 31.2 Å². The molecule has 1 amide bonds. The zero-order chi connectivity index (χ0) is 17.1. The number of hydrogen-bond donors (Lipinski definition) is 2. The molecule has 0 unspecified atom stereocenters. The molecule has 1 heterocycles. The zero-order valence-electron chi connectivity index (χ0n) is 13.2. The summed E-state index contributed by atoms with van der Waals surface area (Å²) in [6.07, 6.45) is 0. The number of carbonyl (C=O) groups excluding carboxylic acids is 1. The number of nitrogens with zero attached hydrogens (tertiary/aromatic N) is 1. The normalized spacial score (nSPS) is 10.4. The number of nitrogens with one attached hydrogen (secondary N) is 1. The topological polar surface area (TPSA) is 71.5 Å². The fourth-order valence-corrected chi connectivity index (χ4v) is 3.01. The number of methoxy groups -OCH3 is 1. The molecule has 0 fully saturated rings. The molecule has 3 rings (SSSR count). The van der Waals surface area contributed by atoms with Crippen LogP contribution in [-0.4, -0.2) is 23.1 Å². The molecule has 1 aromatic heterocycles. The molecular weight excluding hydrogens is 324 g/mol. The van der Waals surface area contributed by atoms with E-state index in [0.29, 0.717) is 5.13 Å². The summed E-state index contributed by atoms with van der Waals surface area (Å²) < 4.78 is 5.37. The summed E-state index contributed by atoms with van der Waals surface area (Å²) in [5, 5.41) is 14.8. The van der Waals surface area contributed by atoms with Crippen molar-refractivity contribution in [1.29, 1.82) is 0 Å². The lowest BCUT2D eigenvalue weighted by Crippen LogP contribution is -2.11. The summed E-state index contributed by atoms with van der Waals surface area (Å²) in [4.78, 5) is 16.7. The highest BCUT2D eigenvalue weighted by Gasteiger charge is 2.14. The molecule has 0 spiro atoms. The molecule has 0 bridgehead atoms. The molecule has 24 heavy (non-hydrogen) atoms. The number of amides is 1. The Hall–Kier alpha value is -2.86. The van der Waals surface area contributed by atoms with Crippen LogP contribution in [0.3, 0.4) is 0 Å². The summed E-state index contributed by atoms with van der Waals surface area (Å²) in [5.41, 5.74) is 2.91. The van der Waals surface area contributed by atoms with E-state index in [9.17, 15) is 9.90 Å². The van der Waals surface area contributed by atoms with Crippen LogP contribution in [0.2, 0.25) is 0 Å². The number of aromatic nitrogens is 1. The van der Waals surface area contributed by atoms with Crippen LogP contribution in [0.1, 0.15) is 15.9 Å². The van der Waals surface area contributed by atoms with E-state index in [4.69, 9.17) is 4.74 Å². The molecule has 0 saturated heterocycles. The van der Waals surface area contributed by atoms with E-state index in [2.05, 4.69) is 10.3 Å². The van der Waals surface area contributed by atoms with E-state index >= 15 is 0 Å². The molecule has 5 nitrogen and oxygen atoms in total. The Morgan fingerprint density at radius 1 is 1.25 bits per heavy atom. The van der Waals surface area contributed by atoms with E-state index in [0.717, 1.165) is 22.6 Å². The van der Waals surface area contributed by atoms with Crippen molar-refractivity contribution < 1.29 is 14.6 Å². The van der Waals surface area contributed by atoms with Gasteiger partial charge in [0, 0.05) is 10.9 Å². The quantitative estimate of drug-likeness (QED) is 0.750. The smallest absolute Gasteiger partial charge is 0.261 e. The van der Waals surface area contributed by atoms with Crippen molar-refractivity contribution in [2.75, 3.05) is 12.4 Å². The van der Waals surface area contributed by atoms with E-state index in [1.54, 1.807) is 25.3 Å². The van der Waals surface area contributed by atoms with Crippen LogP contribution in [0.25, 0.3) is 11.3 Å². The van der Waals surface area contributed by atoms with Crippen molar-refractivity contribution in [2.45, 2.75) is 6.92 Å². The molecule has 3 aromatic rings. The minimum atomic E-state index is -0.398. The minimum absolute atomic E-state index is 0.0628. The lowest BCUT2D eigenvalue weighted by molar-refractivity contribution is 0.102. The molecule has 6 heteroatoms. The Kier molecular flexibility index (Phi) is 4.48. The molecular formula is C18H16N2O3S. The standard InChI is InChI=1S/C18H16N2O3S/c1-11-7-8-16(23-2)13(9-11)14-10-24-18(19-14)20-17(22)12-5-3-4-6-15(12)21/h3-10,21H,1-2H3,(H,19,20,22). The Bertz CT molecular complexity index is 889. The number of para-hydroxylation sites is 1. The second-order valence-electron chi connectivity index (χ2n) is 5.21. The average Bonchev–Trinajstić information content (AvgIpc) is 3.03. The number of thiazole rings is 1. The van der Waals surface area contributed by atoms with Crippen molar-refractivity contribution in [3.8, 4) is 22.8 Å². The summed E-state index contributed by atoms with van der Waals surface area (Å²) in [6.45, 7) is 2.00. The number of phenols is 1. The van der Waals surface area contributed by atoms with Crippen LogP contribution in [0.5, 0.6) is 11.5 Å².